The van der Waals surface area contributed by atoms with Crippen LogP contribution in [0.4, 0.5) is 11.4 Å². The second kappa shape index (κ2) is 8.36. The lowest BCUT2D eigenvalue weighted by Crippen LogP contribution is -2.47. The molecule has 0 N–H and O–H groups in total. The molecule has 0 fully saturated rings. The lowest BCUT2D eigenvalue weighted by molar-refractivity contribution is 0.0974. The fourth-order valence-electron chi connectivity index (χ4n) is 4.22. The molecule has 3 aromatic carbocycles. The van der Waals surface area contributed by atoms with Gasteiger partial charge in [-0.15, -0.1) is 0 Å². The molecular formula is C24H23ClN2O3S. The second-order valence-electron chi connectivity index (χ2n) is 7.74. The van der Waals surface area contributed by atoms with Crippen LogP contribution in [0.1, 0.15) is 35.3 Å². The van der Waals surface area contributed by atoms with Crippen LogP contribution in [0.5, 0.6) is 0 Å². The summed E-state index contributed by atoms with van der Waals surface area (Å²) in [5.74, 6) is -0.138. The molecule has 0 spiro atoms. The van der Waals surface area contributed by atoms with Crippen molar-refractivity contribution in [1.29, 1.82) is 0 Å². The summed E-state index contributed by atoms with van der Waals surface area (Å²) in [7, 11) is -3.56. The molecule has 0 saturated carbocycles. The third-order valence-corrected chi connectivity index (χ3v) is 6.95. The Balaban J connectivity index is 1.81. The Bertz CT molecular complexity index is 1200. The van der Waals surface area contributed by atoms with Crippen LogP contribution in [0.3, 0.4) is 0 Å². The molecule has 2 atom stereocenters. The quantitative estimate of drug-likeness (QED) is 0.538. The molecule has 1 heterocycles. The molecule has 0 radical (unpaired) electrons. The van der Waals surface area contributed by atoms with Crippen LogP contribution in [0.2, 0.25) is 5.02 Å². The molecule has 1 aliphatic heterocycles. The first-order chi connectivity index (χ1) is 14.8. The number of hydrogen-bond acceptors (Lipinski definition) is 3. The zero-order chi connectivity index (χ0) is 22.2. The first kappa shape index (κ1) is 21.4. The first-order valence-corrected chi connectivity index (χ1v) is 12.2. The second-order valence-corrected chi connectivity index (χ2v) is 10.0. The minimum absolute atomic E-state index is 0.138. The molecule has 4 rings (SSSR count). The molecule has 1 aliphatic rings. The number of fused-ring (bicyclic) bond motifs is 1. The minimum atomic E-state index is -3.56. The van der Waals surface area contributed by atoms with Gasteiger partial charge in [0.2, 0.25) is 10.0 Å². The highest BCUT2D eigenvalue weighted by molar-refractivity contribution is 7.92. The molecule has 0 bridgehead atoms. The van der Waals surface area contributed by atoms with E-state index < -0.39 is 16.1 Å². The number of carbonyl (C=O) groups excluding carboxylic acids is 1. The van der Waals surface area contributed by atoms with Gasteiger partial charge < -0.3 is 4.90 Å². The number of halogens is 1. The van der Waals surface area contributed by atoms with Gasteiger partial charge in [-0.3, -0.25) is 9.10 Å². The summed E-state index contributed by atoms with van der Waals surface area (Å²) in [4.78, 5) is 15.1. The minimum Gasteiger partial charge on any atom is -0.305 e. The molecule has 160 valence electrons. The maximum Gasteiger partial charge on any atom is 0.258 e. The summed E-state index contributed by atoms with van der Waals surface area (Å²) >= 11 is 5.98. The molecule has 1 amide bonds. The number of nitrogens with zero attached hydrogens (tertiary/aromatic N) is 2. The van der Waals surface area contributed by atoms with Crippen LogP contribution in [-0.4, -0.2) is 26.6 Å². The van der Waals surface area contributed by atoms with Crippen molar-refractivity contribution in [3.05, 3.63) is 95.0 Å². The summed E-state index contributed by atoms with van der Waals surface area (Å²) < 4.78 is 27.2. The number of rotatable bonds is 4. The maximum atomic E-state index is 13.4. The maximum absolute atomic E-state index is 13.4. The Labute approximate surface area is 187 Å². The van der Waals surface area contributed by atoms with Gasteiger partial charge in [-0.05, 0) is 61.4 Å². The van der Waals surface area contributed by atoms with Crippen molar-refractivity contribution < 1.29 is 13.2 Å². The van der Waals surface area contributed by atoms with Gasteiger partial charge in [-0.25, -0.2) is 8.42 Å². The molecule has 0 aromatic heterocycles. The normalized spacial score (nSPS) is 18.4. The number of benzene rings is 3. The van der Waals surface area contributed by atoms with Crippen molar-refractivity contribution in [2.75, 3.05) is 15.5 Å². The van der Waals surface area contributed by atoms with Crippen LogP contribution in [0, 0.1) is 0 Å². The predicted molar refractivity (Wildman–Crippen MR) is 125 cm³/mol. The molecule has 0 saturated heterocycles. The van der Waals surface area contributed by atoms with Gasteiger partial charge in [-0.1, -0.05) is 48.0 Å². The van der Waals surface area contributed by atoms with E-state index >= 15 is 0 Å². The summed E-state index contributed by atoms with van der Waals surface area (Å²) in [6.45, 7) is 1.95. The predicted octanol–water partition coefficient (Wildman–Crippen LogP) is 5.29. The van der Waals surface area contributed by atoms with Crippen LogP contribution in [-0.2, 0) is 10.0 Å². The summed E-state index contributed by atoms with van der Waals surface area (Å²) in [5.41, 5.74) is 2.66. The van der Waals surface area contributed by atoms with Crippen LogP contribution in [0.25, 0.3) is 0 Å². The van der Waals surface area contributed by atoms with Crippen LogP contribution in [0.15, 0.2) is 78.9 Å². The SMILES string of the molecule is C[C@H]1C[C@H](N(c2ccccc2)S(C)(=O)=O)c2ccccc2N1C(=O)c1ccc(Cl)cc1. The Morgan fingerprint density at radius 1 is 0.968 bits per heavy atom. The fraction of sp³-hybridized carbons (Fsp3) is 0.208. The van der Waals surface area contributed by atoms with Crippen molar-refractivity contribution in [3.63, 3.8) is 0 Å². The number of anilines is 2. The van der Waals surface area contributed by atoms with Gasteiger partial charge in [-0.2, -0.15) is 0 Å². The van der Waals surface area contributed by atoms with E-state index in [2.05, 4.69) is 0 Å². The Morgan fingerprint density at radius 3 is 2.23 bits per heavy atom. The zero-order valence-electron chi connectivity index (χ0n) is 17.3. The van der Waals surface area contributed by atoms with E-state index in [4.69, 9.17) is 11.6 Å². The molecule has 7 heteroatoms. The van der Waals surface area contributed by atoms with Crippen molar-refractivity contribution >= 4 is 38.9 Å². The van der Waals surface area contributed by atoms with E-state index in [1.165, 1.54) is 10.6 Å². The standard InChI is InChI=1S/C24H23ClN2O3S/c1-17-16-23(27(31(2,29)30)20-8-4-3-5-9-20)21-10-6-7-11-22(21)26(17)24(28)18-12-14-19(25)15-13-18/h3-15,17,23H,16H2,1-2H3/t17-,23-/m0/s1. The average molecular weight is 455 g/mol. The highest BCUT2D eigenvalue weighted by Crippen LogP contribution is 2.43. The summed E-state index contributed by atoms with van der Waals surface area (Å²) in [6.07, 6.45) is 1.69. The Hall–Kier alpha value is -2.83. The first-order valence-electron chi connectivity index (χ1n) is 10.00. The van der Waals surface area contributed by atoms with Gasteiger partial charge in [0.1, 0.15) is 0 Å². The number of carbonyl (C=O) groups is 1. The molecule has 5 nitrogen and oxygen atoms in total. The number of sulfonamides is 1. The monoisotopic (exact) mass is 454 g/mol. The largest absolute Gasteiger partial charge is 0.305 e. The van der Waals surface area contributed by atoms with Gasteiger partial charge in [0.15, 0.2) is 0 Å². The topological polar surface area (TPSA) is 57.7 Å². The smallest absolute Gasteiger partial charge is 0.258 e. The molecule has 31 heavy (non-hydrogen) atoms. The lowest BCUT2D eigenvalue weighted by Gasteiger charge is -2.43. The van der Waals surface area contributed by atoms with Crippen molar-refractivity contribution in [2.24, 2.45) is 0 Å². The van der Waals surface area contributed by atoms with Crippen molar-refractivity contribution in [1.82, 2.24) is 0 Å². The van der Waals surface area contributed by atoms with Gasteiger partial charge in [0, 0.05) is 22.3 Å². The third kappa shape index (κ3) is 4.18. The van der Waals surface area contributed by atoms with E-state index in [1.807, 2.05) is 49.4 Å². The fourth-order valence-corrected chi connectivity index (χ4v) is 5.51. The summed E-state index contributed by atoms with van der Waals surface area (Å²) in [5, 5.41) is 0.565. The third-order valence-electron chi connectivity index (χ3n) is 5.52. The average Bonchev–Trinajstić information content (AvgIpc) is 2.74. The van der Waals surface area contributed by atoms with Gasteiger partial charge >= 0.3 is 0 Å². The zero-order valence-corrected chi connectivity index (χ0v) is 18.8. The number of amides is 1. The molecular weight excluding hydrogens is 432 g/mol. The Kier molecular flexibility index (Phi) is 5.77. The highest BCUT2D eigenvalue weighted by atomic mass is 35.5. The Morgan fingerprint density at radius 2 is 1.58 bits per heavy atom. The van der Waals surface area contributed by atoms with E-state index in [9.17, 15) is 13.2 Å². The van der Waals surface area contributed by atoms with Gasteiger partial charge in [0.05, 0.1) is 18.0 Å². The van der Waals surface area contributed by atoms with E-state index in [1.54, 1.807) is 41.3 Å². The molecule has 0 unspecified atom stereocenters. The molecule has 3 aromatic rings. The van der Waals surface area contributed by atoms with E-state index in [0.717, 1.165) is 11.3 Å². The summed E-state index contributed by atoms with van der Waals surface area (Å²) in [6, 6.07) is 22.8. The highest BCUT2D eigenvalue weighted by Gasteiger charge is 2.39. The number of para-hydroxylation sites is 2. The lowest BCUT2D eigenvalue weighted by atomic mass is 9.90. The van der Waals surface area contributed by atoms with Crippen LogP contribution >= 0.6 is 11.6 Å². The van der Waals surface area contributed by atoms with Gasteiger partial charge in [0.25, 0.3) is 5.91 Å². The number of hydrogen-bond donors (Lipinski definition) is 0. The molecule has 0 aliphatic carbocycles. The van der Waals surface area contributed by atoms with Crippen molar-refractivity contribution in [2.45, 2.75) is 25.4 Å². The van der Waals surface area contributed by atoms with Crippen LogP contribution < -0.4 is 9.21 Å². The van der Waals surface area contributed by atoms with E-state index in [-0.39, 0.29) is 11.9 Å². The van der Waals surface area contributed by atoms with E-state index in [0.29, 0.717) is 22.7 Å². The van der Waals surface area contributed by atoms with Crippen molar-refractivity contribution in [3.8, 4) is 0 Å².